The summed E-state index contributed by atoms with van der Waals surface area (Å²) in [7, 11) is 0. The topological polar surface area (TPSA) is 13.1 Å². The van der Waals surface area contributed by atoms with E-state index in [0.717, 1.165) is 27.5 Å². The van der Waals surface area contributed by atoms with Crippen LogP contribution in [0.5, 0.6) is 0 Å². The van der Waals surface area contributed by atoms with E-state index in [1.54, 1.807) is 0 Å². The minimum atomic E-state index is -0.453. The Morgan fingerprint density at radius 1 is 0.404 bits per heavy atom. The molecule has 7 aromatic carbocycles. The number of benzene rings is 7. The Hall–Kier alpha value is -5.66. The molecule has 0 saturated carbocycles. The first kappa shape index (κ1) is 26.5. The van der Waals surface area contributed by atoms with Gasteiger partial charge in [-0.05, 0) is 79.4 Å². The number of furan rings is 1. The van der Waals surface area contributed by atoms with Crippen molar-refractivity contribution in [3.05, 3.63) is 191 Å². The zero-order valence-electron chi connectivity index (χ0n) is 26.4. The Balaban J connectivity index is 1.23. The van der Waals surface area contributed by atoms with Gasteiger partial charge >= 0.3 is 0 Å². The minimum absolute atomic E-state index is 0.0594. The van der Waals surface area contributed by atoms with Crippen LogP contribution >= 0.6 is 0 Å². The molecule has 2 aliphatic carbocycles. The van der Waals surface area contributed by atoms with E-state index in [1.165, 1.54) is 61.2 Å². The van der Waals surface area contributed by atoms with Crippen molar-refractivity contribution in [2.45, 2.75) is 24.7 Å². The molecule has 0 spiro atoms. The highest BCUT2D eigenvalue weighted by Gasteiger charge is 2.46. The maximum atomic E-state index is 6.96. The van der Waals surface area contributed by atoms with Gasteiger partial charge in [0, 0.05) is 21.8 Å². The average Bonchev–Trinajstić information content (AvgIpc) is 3.72. The van der Waals surface area contributed by atoms with E-state index in [1.807, 2.05) is 0 Å². The molecule has 0 bridgehead atoms. The fourth-order valence-electron chi connectivity index (χ4n) is 8.83. The van der Waals surface area contributed by atoms with Gasteiger partial charge in [-0.25, -0.2) is 0 Å². The lowest BCUT2D eigenvalue weighted by Crippen LogP contribution is -2.28. The summed E-state index contributed by atoms with van der Waals surface area (Å²) in [4.78, 5) is 0. The smallest absolute Gasteiger partial charge is 0.143 e. The predicted molar refractivity (Wildman–Crippen MR) is 194 cm³/mol. The van der Waals surface area contributed by atoms with Gasteiger partial charge in [0.1, 0.15) is 11.2 Å². The third kappa shape index (κ3) is 3.44. The molecule has 0 aliphatic heterocycles. The molecule has 2 aliphatic rings. The molecule has 8 aromatic rings. The number of fused-ring (bicyclic) bond motifs is 9. The molecule has 0 saturated heterocycles. The van der Waals surface area contributed by atoms with Crippen LogP contribution in [0, 0.1) is 0 Å². The Labute approximate surface area is 274 Å². The highest BCUT2D eigenvalue weighted by molar-refractivity contribution is 6.12. The lowest BCUT2D eigenvalue weighted by molar-refractivity contribution is 0.660. The molecular formula is C46H32O. The zero-order chi connectivity index (χ0) is 31.3. The van der Waals surface area contributed by atoms with Gasteiger partial charge in [0.2, 0.25) is 0 Å². The van der Waals surface area contributed by atoms with Crippen molar-refractivity contribution in [3.63, 3.8) is 0 Å². The van der Waals surface area contributed by atoms with Crippen molar-refractivity contribution >= 4 is 21.9 Å². The minimum Gasteiger partial charge on any atom is -0.455 e. The molecule has 0 amide bonds. The van der Waals surface area contributed by atoms with E-state index < -0.39 is 5.41 Å². The van der Waals surface area contributed by atoms with Gasteiger partial charge in [-0.1, -0.05) is 153 Å². The largest absolute Gasteiger partial charge is 0.455 e. The SMILES string of the molecule is CC1(C)c2ccccc2-c2ccc(-c3cccc4c3oc3cc5c(cc34)-c3ccccc3C5(c3ccccc3)c3ccccc3)cc21. The van der Waals surface area contributed by atoms with Crippen LogP contribution < -0.4 is 0 Å². The summed E-state index contributed by atoms with van der Waals surface area (Å²) in [5, 5.41) is 2.30. The molecule has 0 unspecified atom stereocenters. The highest BCUT2D eigenvalue weighted by atomic mass is 16.3. The van der Waals surface area contributed by atoms with E-state index in [9.17, 15) is 0 Å². The van der Waals surface area contributed by atoms with Crippen molar-refractivity contribution in [2.75, 3.05) is 0 Å². The molecule has 1 heteroatoms. The third-order valence-electron chi connectivity index (χ3n) is 11.0. The van der Waals surface area contributed by atoms with Crippen molar-refractivity contribution in [1.82, 2.24) is 0 Å². The quantitative estimate of drug-likeness (QED) is 0.197. The lowest BCUT2D eigenvalue weighted by Gasteiger charge is -2.33. The maximum Gasteiger partial charge on any atom is 0.143 e. The molecule has 47 heavy (non-hydrogen) atoms. The Morgan fingerprint density at radius 2 is 1.00 bits per heavy atom. The maximum absolute atomic E-state index is 6.96. The first-order chi connectivity index (χ1) is 23.1. The van der Waals surface area contributed by atoms with Crippen LogP contribution in [0.2, 0.25) is 0 Å². The van der Waals surface area contributed by atoms with Crippen LogP contribution in [-0.2, 0) is 10.8 Å². The van der Waals surface area contributed by atoms with Crippen molar-refractivity contribution in [2.24, 2.45) is 0 Å². The number of para-hydroxylation sites is 1. The van der Waals surface area contributed by atoms with Gasteiger partial charge in [-0.2, -0.15) is 0 Å². The molecule has 222 valence electrons. The second kappa shape index (κ2) is 9.44. The van der Waals surface area contributed by atoms with Gasteiger partial charge in [0.05, 0.1) is 5.41 Å². The van der Waals surface area contributed by atoms with Gasteiger partial charge in [-0.15, -0.1) is 0 Å². The van der Waals surface area contributed by atoms with Crippen LogP contribution in [0.15, 0.2) is 162 Å². The average molecular weight is 601 g/mol. The van der Waals surface area contributed by atoms with Crippen LogP contribution in [-0.4, -0.2) is 0 Å². The second-order valence-corrected chi connectivity index (χ2v) is 13.6. The summed E-state index contributed by atoms with van der Waals surface area (Å²) in [6.07, 6.45) is 0. The van der Waals surface area contributed by atoms with Crippen LogP contribution in [0.25, 0.3) is 55.3 Å². The molecule has 10 rings (SSSR count). The first-order valence-corrected chi connectivity index (χ1v) is 16.5. The molecular weight excluding hydrogens is 569 g/mol. The van der Waals surface area contributed by atoms with E-state index in [-0.39, 0.29) is 5.41 Å². The standard InChI is InChI=1S/C46H32O/c1-45(2)39-22-11-9-18-33(39)35-25-24-29(26-41(35)45)32-20-13-21-36-38-27-37-34-19-10-12-23-40(34)46(30-14-5-3-6-15-30,31-16-7-4-8-17-31)42(37)28-43(38)47-44(32)36/h3-28H,1-2H3. The molecule has 1 nitrogen and oxygen atoms in total. The van der Waals surface area contributed by atoms with E-state index in [2.05, 4.69) is 172 Å². The summed E-state index contributed by atoms with van der Waals surface area (Å²) < 4.78 is 6.96. The normalized spacial score (nSPS) is 14.9. The molecule has 0 N–H and O–H groups in total. The number of hydrogen-bond donors (Lipinski definition) is 0. The van der Waals surface area contributed by atoms with E-state index in [0.29, 0.717) is 0 Å². The van der Waals surface area contributed by atoms with Gasteiger partial charge in [0.15, 0.2) is 0 Å². The molecule has 1 aromatic heterocycles. The van der Waals surface area contributed by atoms with Crippen molar-refractivity contribution in [1.29, 1.82) is 0 Å². The van der Waals surface area contributed by atoms with Gasteiger partial charge < -0.3 is 4.42 Å². The summed E-state index contributed by atoms with van der Waals surface area (Å²) in [6, 6.07) is 58.0. The molecule has 0 atom stereocenters. The second-order valence-electron chi connectivity index (χ2n) is 13.6. The molecule has 0 radical (unpaired) electrons. The summed E-state index contributed by atoms with van der Waals surface area (Å²) in [6.45, 7) is 4.68. The highest BCUT2D eigenvalue weighted by Crippen LogP contribution is 2.57. The summed E-state index contributed by atoms with van der Waals surface area (Å²) in [5.41, 5.74) is 16.8. The predicted octanol–water partition coefficient (Wildman–Crippen LogP) is 11.9. The fourth-order valence-corrected chi connectivity index (χ4v) is 8.83. The molecule has 1 heterocycles. The van der Waals surface area contributed by atoms with Gasteiger partial charge in [-0.3, -0.25) is 0 Å². The molecule has 0 fully saturated rings. The Morgan fingerprint density at radius 3 is 1.72 bits per heavy atom. The lowest BCUT2D eigenvalue weighted by atomic mass is 9.67. The summed E-state index contributed by atoms with van der Waals surface area (Å²) >= 11 is 0. The van der Waals surface area contributed by atoms with Crippen LogP contribution in [0.3, 0.4) is 0 Å². The van der Waals surface area contributed by atoms with Gasteiger partial charge in [0.25, 0.3) is 0 Å². The number of hydrogen-bond acceptors (Lipinski definition) is 1. The van der Waals surface area contributed by atoms with Crippen LogP contribution in [0.1, 0.15) is 47.2 Å². The Bertz CT molecular complexity index is 2490. The summed E-state index contributed by atoms with van der Waals surface area (Å²) in [5.74, 6) is 0. The fraction of sp³-hybridized carbons (Fsp3) is 0.0870. The zero-order valence-corrected chi connectivity index (χ0v) is 26.4. The Kier molecular flexibility index (Phi) is 5.33. The first-order valence-electron chi connectivity index (χ1n) is 16.5. The van der Waals surface area contributed by atoms with E-state index in [4.69, 9.17) is 4.42 Å². The van der Waals surface area contributed by atoms with Crippen LogP contribution in [0.4, 0.5) is 0 Å². The monoisotopic (exact) mass is 600 g/mol. The van der Waals surface area contributed by atoms with E-state index >= 15 is 0 Å². The van der Waals surface area contributed by atoms with Crippen molar-refractivity contribution < 1.29 is 4.42 Å². The van der Waals surface area contributed by atoms with Crippen molar-refractivity contribution in [3.8, 4) is 33.4 Å². The number of rotatable bonds is 3. The third-order valence-corrected chi connectivity index (χ3v) is 11.0.